The number of benzene rings is 3. The number of likely N-dealkylation sites (tertiary alicyclic amines) is 1. The molecule has 0 atom stereocenters. The number of hydrogen-bond acceptors (Lipinski definition) is 2. The molecule has 3 aromatic carbocycles. The molecule has 154 valence electrons. The van der Waals surface area contributed by atoms with Gasteiger partial charge in [-0.3, -0.25) is 0 Å². The Morgan fingerprint density at radius 1 is 1.00 bits per heavy atom. The minimum Gasteiger partial charge on any atom is -0.489 e. The lowest BCUT2D eigenvalue weighted by Crippen LogP contribution is -2.36. The van der Waals surface area contributed by atoms with Crippen LogP contribution in [-0.4, -0.2) is 29.2 Å². The van der Waals surface area contributed by atoms with E-state index in [9.17, 15) is 4.79 Å². The monoisotopic (exact) mass is 401 g/mol. The second-order valence-electron chi connectivity index (χ2n) is 7.92. The van der Waals surface area contributed by atoms with Crippen molar-refractivity contribution in [2.45, 2.75) is 32.3 Å². The summed E-state index contributed by atoms with van der Waals surface area (Å²) in [6.45, 7) is 3.87. The van der Waals surface area contributed by atoms with Crippen LogP contribution in [0.15, 0.2) is 72.8 Å². The number of amides is 1. The molecule has 0 unspecified atom stereocenters. The predicted molar refractivity (Wildman–Crippen MR) is 119 cm³/mol. The van der Waals surface area contributed by atoms with E-state index in [4.69, 9.17) is 9.84 Å². The molecule has 1 heterocycles. The smallest absolute Gasteiger partial charge is 0.407 e. The molecule has 1 fully saturated rings. The number of carbonyl (C=O) groups is 1. The van der Waals surface area contributed by atoms with E-state index in [-0.39, 0.29) is 0 Å². The summed E-state index contributed by atoms with van der Waals surface area (Å²) in [6, 6.07) is 25.2. The van der Waals surface area contributed by atoms with Gasteiger partial charge in [0.1, 0.15) is 12.4 Å². The molecule has 4 heteroatoms. The second kappa shape index (κ2) is 9.04. The Balaban J connectivity index is 1.34. The summed E-state index contributed by atoms with van der Waals surface area (Å²) in [5.74, 6) is 1.31. The van der Waals surface area contributed by atoms with Gasteiger partial charge in [0.25, 0.3) is 0 Å². The highest BCUT2D eigenvalue weighted by Gasteiger charge is 2.23. The number of aryl methyl sites for hydroxylation is 1. The van der Waals surface area contributed by atoms with Gasteiger partial charge < -0.3 is 14.7 Å². The van der Waals surface area contributed by atoms with Crippen molar-refractivity contribution in [2.75, 3.05) is 13.1 Å². The fraction of sp³-hybridized carbons (Fsp3) is 0.269. The summed E-state index contributed by atoms with van der Waals surface area (Å²) in [5, 5.41) is 9.09. The standard InChI is InChI=1S/C26H27NO3/c1-19-17-24(11-12-25(19)23-5-3-2-4-6-23)30-18-20-7-9-21(10-8-20)22-13-15-27(16-14-22)26(28)29/h2-12,17,22H,13-16,18H2,1H3,(H,28,29). The van der Waals surface area contributed by atoms with Gasteiger partial charge in [0.05, 0.1) is 0 Å². The summed E-state index contributed by atoms with van der Waals surface area (Å²) in [6.07, 6.45) is 0.956. The first kappa shape index (κ1) is 20.0. The van der Waals surface area contributed by atoms with Crippen LogP contribution in [0.2, 0.25) is 0 Å². The molecule has 1 saturated heterocycles. The molecule has 0 aliphatic carbocycles. The molecule has 0 bridgehead atoms. The van der Waals surface area contributed by atoms with Crippen LogP contribution in [0.5, 0.6) is 5.75 Å². The summed E-state index contributed by atoms with van der Waals surface area (Å²) in [4.78, 5) is 12.6. The van der Waals surface area contributed by atoms with Crippen LogP contribution in [-0.2, 0) is 6.61 Å². The van der Waals surface area contributed by atoms with Crippen molar-refractivity contribution in [1.29, 1.82) is 0 Å². The Morgan fingerprint density at radius 3 is 2.33 bits per heavy atom. The highest BCUT2D eigenvalue weighted by molar-refractivity contribution is 5.68. The van der Waals surface area contributed by atoms with Crippen LogP contribution in [0.25, 0.3) is 11.1 Å². The summed E-state index contributed by atoms with van der Waals surface area (Å²) in [5.41, 5.74) is 6.05. The average Bonchev–Trinajstić information content (AvgIpc) is 2.79. The highest BCUT2D eigenvalue weighted by Crippen LogP contribution is 2.29. The zero-order valence-corrected chi connectivity index (χ0v) is 17.3. The van der Waals surface area contributed by atoms with Gasteiger partial charge in [0.2, 0.25) is 0 Å². The molecule has 0 saturated carbocycles. The Bertz CT molecular complexity index is 991. The third-order valence-electron chi connectivity index (χ3n) is 5.90. The first-order valence-corrected chi connectivity index (χ1v) is 10.5. The normalized spacial score (nSPS) is 14.5. The molecule has 1 amide bonds. The van der Waals surface area contributed by atoms with E-state index in [0.29, 0.717) is 25.6 Å². The van der Waals surface area contributed by atoms with E-state index < -0.39 is 6.09 Å². The molecule has 1 aliphatic heterocycles. The van der Waals surface area contributed by atoms with Crippen molar-refractivity contribution in [2.24, 2.45) is 0 Å². The first-order chi connectivity index (χ1) is 14.6. The van der Waals surface area contributed by atoms with Crippen molar-refractivity contribution >= 4 is 6.09 Å². The number of carboxylic acid groups (broad SMARTS) is 1. The Morgan fingerprint density at radius 2 is 1.70 bits per heavy atom. The minimum absolute atomic E-state index is 0.434. The predicted octanol–water partition coefficient (Wildman–Crippen LogP) is 6.10. The largest absolute Gasteiger partial charge is 0.489 e. The first-order valence-electron chi connectivity index (χ1n) is 10.5. The number of piperidine rings is 1. The van der Waals surface area contributed by atoms with Crippen LogP contribution < -0.4 is 4.74 Å². The maximum absolute atomic E-state index is 11.1. The van der Waals surface area contributed by atoms with E-state index in [1.165, 1.54) is 27.2 Å². The minimum atomic E-state index is -0.812. The second-order valence-corrected chi connectivity index (χ2v) is 7.92. The van der Waals surface area contributed by atoms with Crippen LogP contribution in [0.3, 0.4) is 0 Å². The molecule has 4 rings (SSSR count). The average molecular weight is 402 g/mol. The maximum Gasteiger partial charge on any atom is 0.407 e. The third-order valence-corrected chi connectivity index (χ3v) is 5.90. The molecule has 0 radical (unpaired) electrons. The zero-order chi connectivity index (χ0) is 20.9. The van der Waals surface area contributed by atoms with E-state index in [1.807, 2.05) is 12.1 Å². The van der Waals surface area contributed by atoms with Crippen LogP contribution in [0.1, 0.15) is 35.4 Å². The fourth-order valence-electron chi connectivity index (χ4n) is 4.12. The Labute approximate surface area is 177 Å². The number of nitrogens with zero attached hydrogens (tertiary/aromatic N) is 1. The molecule has 30 heavy (non-hydrogen) atoms. The lowest BCUT2D eigenvalue weighted by atomic mass is 9.89. The Kier molecular flexibility index (Phi) is 6.03. The number of hydrogen-bond donors (Lipinski definition) is 1. The summed E-state index contributed by atoms with van der Waals surface area (Å²) >= 11 is 0. The van der Waals surface area contributed by atoms with Crippen molar-refractivity contribution in [3.63, 3.8) is 0 Å². The van der Waals surface area contributed by atoms with Crippen LogP contribution in [0.4, 0.5) is 4.79 Å². The molecule has 3 aromatic rings. The van der Waals surface area contributed by atoms with Crippen molar-refractivity contribution in [3.05, 3.63) is 89.5 Å². The molecular weight excluding hydrogens is 374 g/mol. The number of ether oxygens (including phenoxy) is 1. The third kappa shape index (κ3) is 4.65. The summed E-state index contributed by atoms with van der Waals surface area (Å²) < 4.78 is 6.02. The molecule has 0 spiro atoms. The lowest BCUT2D eigenvalue weighted by Gasteiger charge is -2.30. The molecular formula is C26H27NO3. The number of rotatable bonds is 5. The lowest BCUT2D eigenvalue weighted by molar-refractivity contribution is 0.132. The van der Waals surface area contributed by atoms with Gasteiger partial charge in [-0.05, 0) is 65.6 Å². The van der Waals surface area contributed by atoms with E-state index in [1.54, 1.807) is 0 Å². The van der Waals surface area contributed by atoms with Crippen molar-refractivity contribution < 1.29 is 14.6 Å². The van der Waals surface area contributed by atoms with Crippen molar-refractivity contribution in [1.82, 2.24) is 4.90 Å². The van der Waals surface area contributed by atoms with Gasteiger partial charge in [-0.15, -0.1) is 0 Å². The Hall–Kier alpha value is -3.27. The topological polar surface area (TPSA) is 49.8 Å². The van der Waals surface area contributed by atoms with Gasteiger partial charge in [-0.2, -0.15) is 0 Å². The molecule has 0 aromatic heterocycles. The van der Waals surface area contributed by atoms with Gasteiger partial charge in [-0.1, -0.05) is 60.7 Å². The zero-order valence-electron chi connectivity index (χ0n) is 17.3. The highest BCUT2D eigenvalue weighted by atomic mass is 16.5. The van der Waals surface area contributed by atoms with E-state index >= 15 is 0 Å². The maximum atomic E-state index is 11.1. The van der Waals surface area contributed by atoms with Gasteiger partial charge in [0.15, 0.2) is 0 Å². The quantitative estimate of drug-likeness (QED) is 0.562. The van der Waals surface area contributed by atoms with Gasteiger partial charge in [0, 0.05) is 13.1 Å². The van der Waals surface area contributed by atoms with Gasteiger partial charge >= 0.3 is 6.09 Å². The van der Waals surface area contributed by atoms with E-state index in [0.717, 1.165) is 24.2 Å². The van der Waals surface area contributed by atoms with Gasteiger partial charge in [-0.25, -0.2) is 4.79 Å². The SMILES string of the molecule is Cc1cc(OCc2ccc(C3CCN(C(=O)O)CC3)cc2)ccc1-c1ccccc1. The van der Waals surface area contributed by atoms with Crippen molar-refractivity contribution in [3.8, 4) is 16.9 Å². The molecule has 1 aliphatic rings. The summed E-state index contributed by atoms with van der Waals surface area (Å²) in [7, 11) is 0. The fourth-order valence-corrected chi connectivity index (χ4v) is 4.12. The molecule has 4 nitrogen and oxygen atoms in total. The van der Waals surface area contributed by atoms with E-state index in [2.05, 4.69) is 67.6 Å². The molecule has 1 N–H and O–H groups in total. The van der Waals surface area contributed by atoms with Crippen LogP contribution >= 0.6 is 0 Å². The van der Waals surface area contributed by atoms with Crippen LogP contribution in [0, 0.1) is 6.92 Å².